The second-order valence-corrected chi connectivity index (χ2v) is 3.13. The van der Waals surface area contributed by atoms with Gasteiger partial charge in [0.15, 0.2) is 0 Å². The highest BCUT2D eigenvalue weighted by atomic mass is 16.4. The summed E-state index contributed by atoms with van der Waals surface area (Å²) in [6.07, 6.45) is 2.82. The van der Waals surface area contributed by atoms with Gasteiger partial charge in [0.25, 0.3) is 0 Å². The van der Waals surface area contributed by atoms with E-state index in [-0.39, 0.29) is 0 Å². The molecule has 0 spiro atoms. The lowest BCUT2D eigenvalue weighted by molar-refractivity contribution is 0.518. The second-order valence-electron chi connectivity index (χ2n) is 3.13. The molecule has 0 unspecified atom stereocenters. The maximum atomic E-state index is 10.8. The lowest BCUT2D eigenvalue weighted by Gasteiger charge is -1.95. The molecule has 0 bridgehead atoms. The van der Waals surface area contributed by atoms with Gasteiger partial charge in [-0.25, -0.2) is 9.78 Å². The first-order chi connectivity index (χ1) is 7.19. The number of hydrogen-bond acceptors (Lipinski definition) is 4. The molecule has 0 aliphatic carbocycles. The molecule has 2 aromatic heterocycles. The van der Waals surface area contributed by atoms with Crippen LogP contribution in [0.4, 0.5) is 0 Å². The van der Waals surface area contributed by atoms with E-state index in [2.05, 4.69) is 23.8 Å². The lowest BCUT2D eigenvalue weighted by atomic mass is 10.3. The van der Waals surface area contributed by atoms with Crippen LogP contribution in [0.25, 0.3) is 11.1 Å². The fraction of sp³-hybridized carbons (Fsp3) is 0.364. The van der Waals surface area contributed by atoms with Gasteiger partial charge in [0.05, 0.1) is 11.1 Å². The molecule has 0 radical (unpaired) electrons. The summed E-state index contributed by atoms with van der Waals surface area (Å²) in [5.74, 6) is -0.598. The van der Waals surface area contributed by atoms with E-state index in [9.17, 15) is 4.79 Å². The number of nitrogens with zero attached hydrogens (tertiary/aromatic N) is 2. The Bertz CT molecular complexity index is 491. The molecule has 0 aliphatic rings. The third kappa shape index (κ3) is 2.87. The smallest absolute Gasteiger partial charge is 0.389 e. The molecule has 0 fully saturated rings. The normalized spacial score (nSPS) is 9.53. The van der Waals surface area contributed by atoms with Crippen LogP contribution in [0, 0.1) is 6.92 Å². The molecule has 0 saturated heterocycles. The monoisotopic (exact) mass is 206 g/mol. The largest absolute Gasteiger partial charge is 0.440 e. The Morgan fingerprint density at radius 2 is 2.07 bits per heavy atom. The molecule has 80 valence electrons. The van der Waals surface area contributed by atoms with Crippen LogP contribution >= 0.6 is 0 Å². The molecule has 0 saturated carbocycles. The Morgan fingerprint density at radius 1 is 1.40 bits per heavy atom. The highest BCUT2D eigenvalue weighted by Gasteiger charge is 2.01. The third-order valence-electron chi connectivity index (χ3n) is 1.60. The minimum Gasteiger partial charge on any atom is -0.389 e. The summed E-state index contributed by atoms with van der Waals surface area (Å²) in [6, 6.07) is 3.59. The number of aryl methyl sites for hydroxylation is 1. The van der Waals surface area contributed by atoms with Gasteiger partial charge in [-0.3, -0.25) is 0 Å². The SMILES string of the molecule is CCC.Cc1nc(=O)oc2ncccc12. The Labute approximate surface area is 88.0 Å². The summed E-state index contributed by atoms with van der Waals surface area (Å²) in [6.45, 7) is 6.00. The number of fused-ring (bicyclic) bond motifs is 1. The fourth-order valence-corrected chi connectivity index (χ4v) is 1.05. The van der Waals surface area contributed by atoms with Gasteiger partial charge >= 0.3 is 5.76 Å². The predicted octanol–water partition coefficient (Wildman–Crippen LogP) is 2.31. The molecule has 0 amide bonds. The Hall–Kier alpha value is -1.71. The Balaban J connectivity index is 0.000000337. The van der Waals surface area contributed by atoms with Gasteiger partial charge < -0.3 is 4.42 Å². The van der Waals surface area contributed by atoms with Crippen LogP contribution in [0.2, 0.25) is 0 Å². The van der Waals surface area contributed by atoms with Crippen LogP contribution in [0.3, 0.4) is 0 Å². The van der Waals surface area contributed by atoms with Crippen molar-refractivity contribution < 1.29 is 4.42 Å². The highest BCUT2D eigenvalue weighted by Crippen LogP contribution is 2.09. The molecule has 2 aromatic rings. The summed E-state index contributed by atoms with van der Waals surface area (Å²) >= 11 is 0. The van der Waals surface area contributed by atoms with Crippen LogP contribution in [0.1, 0.15) is 26.0 Å². The predicted molar refractivity (Wildman–Crippen MR) is 58.8 cm³/mol. The van der Waals surface area contributed by atoms with Crippen molar-refractivity contribution in [3.05, 3.63) is 34.6 Å². The van der Waals surface area contributed by atoms with Crippen LogP contribution in [-0.2, 0) is 0 Å². The van der Waals surface area contributed by atoms with Gasteiger partial charge in [0.2, 0.25) is 5.71 Å². The molecule has 15 heavy (non-hydrogen) atoms. The third-order valence-corrected chi connectivity index (χ3v) is 1.60. The molecule has 4 heteroatoms. The van der Waals surface area contributed by atoms with Crippen LogP contribution in [0.5, 0.6) is 0 Å². The molecular weight excluding hydrogens is 192 g/mol. The van der Waals surface area contributed by atoms with Crippen LogP contribution < -0.4 is 5.76 Å². The van der Waals surface area contributed by atoms with E-state index in [1.807, 2.05) is 6.07 Å². The number of hydrogen-bond donors (Lipinski definition) is 0. The van der Waals surface area contributed by atoms with E-state index < -0.39 is 5.76 Å². The zero-order valence-electron chi connectivity index (χ0n) is 9.15. The molecule has 0 aromatic carbocycles. The maximum Gasteiger partial charge on any atom is 0.440 e. The summed E-state index contributed by atoms with van der Waals surface area (Å²) in [5, 5.41) is 0.775. The van der Waals surface area contributed by atoms with Gasteiger partial charge in [0.1, 0.15) is 0 Å². The van der Waals surface area contributed by atoms with E-state index in [4.69, 9.17) is 4.42 Å². The van der Waals surface area contributed by atoms with Crippen molar-refractivity contribution in [2.24, 2.45) is 0 Å². The van der Waals surface area contributed by atoms with Crippen molar-refractivity contribution >= 4 is 11.1 Å². The molecule has 0 N–H and O–H groups in total. The van der Waals surface area contributed by atoms with E-state index in [1.54, 1.807) is 19.2 Å². The van der Waals surface area contributed by atoms with E-state index >= 15 is 0 Å². The van der Waals surface area contributed by atoms with E-state index in [1.165, 1.54) is 6.42 Å². The van der Waals surface area contributed by atoms with E-state index in [0.29, 0.717) is 11.4 Å². The quantitative estimate of drug-likeness (QED) is 0.663. The molecule has 0 atom stereocenters. The van der Waals surface area contributed by atoms with Crippen LogP contribution in [-0.4, -0.2) is 9.97 Å². The Morgan fingerprint density at radius 3 is 2.73 bits per heavy atom. The van der Waals surface area contributed by atoms with Crippen molar-refractivity contribution in [2.75, 3.05) is 0 Å². The van der Waals surface area contributed by atoms with Crippen molar-refractivity contribution in [3.8, 4) is 0 Å². The number of rotatable bonds is 0. The first-order valence-electron chi connectivity index (χ1n) is 4.91. The summed E-state index contributed by atoms with van der Waals surface area (Å²) < 4.78 is 4.76. The summed E-state index contributed by atoms with van der Waals surface area (Å²) in [7, 11) is 0. The van der Waals surface area contributed by atoms with E-state index in [0.717, 1.165) is 5.39 Å². The summed E-state index contributed by atoms with van der Waals surface area (Å²) in [4.78, 5) is 18.3. The maximum absolute atomic E-state index is 10.8. The molecule has 4 nitrogen and oxygen atoms in total. The topological polar surface area (TPSA) is 56.0 Å². The van der Waals surface area contributed by atoms with Crippen molar-refractivity contribution in [1.82, 2.24) is 9.97 Å². The average molecular weight is 206 g/mol. The van der Waals surface area contributed by atoms with Crippen molar-refractivity contribution in [2.45, 2.75) is 27.2 Å². The molecular formula is C11H14N2O2. The first-order valence-corrected chi connectivity index (χ1v) is 4.91. The highest BCUT2D eigenvalue weighted by molar-refractivity contribution is 5.74. The van der Waals surface area contributed by atoms with Gasteiger partial charge in [-0.1, -0.05) is 20.3 Å². The van der Waals surface area contributed by atoms with Gasteiger partial charge in [0, 0.05) is 6.20 Å². The minimum absolute atomic E-state index is 0.343. The van der Waals surface area contributed by atoms with Gasteiger partial charge in [-0.05, 0) is 19.1 Å². The van der Waals surface area contributed by atoms with Crippen molar-refractivity contribution in [3.63, 3.8) is 0 Å². The first kappa shape index (κ1) is 11.4. The summed E-state index contributed by atoms with van der Waals surface area (Å²) in [5.41, 5.74) is 0.990. The average Bonchev–Trinajstić information content (AvgIpc) is 2.18. The standard InChI is InChI=1S/C8H6N2O2.C3H8/c1-5-6-3-2-4-9-7(6)12-8(11)10-5;1-3-2/h2-4H,1H3;3H2,1-2H3. The number of pyridine rings is 1. The lowest BCUT2D eigenvalue weighted by Crippen LogP contribution is -2.05. The zero-order chi connectivity index (χ0) is 11.3. The van der Waals surface area contributed by atoms with Crippen LogP contribution in [0.15, 0.2) is 27.5 Å². The molecule has 2 rings (SSSR count). The fourth-order valence-electron chi connectivity index (χ4n) is 1.05. The zero-order valence-corrected chi connectivity index (χ0v) is 9.15. The van der Waals surface area contributed by atoms with Crippen molar-refractivity contribution in [1.29, 1.82) is 0 Å². The molecule has 0 aliphatic heterocycles. The molecule has 2 heterocycles. The minimum atomic E-state index is -0.598. The van der Waals surface area contributed by atoms with Gasteiger partial charge in [-0.15, -0.1) is 0 Å². The Kier molecular flexibility index (Phi) is 3.97. The number of aromatic nitrogens is 2. The van der Waals surface area contributed by atoms with Gasteiger partial charge in [-0.2, -0.15) is 4.98 Å². The second kappa shape index (κ2) is 5.24.